The number of aliphatic hydroxyl groups is 1. The van der Waals surface area contributed by atoms with Gasteiger partial charge in [-0.25, -0.2) is 9.59 Å². The molecule has 7 amide bonds. The SMILES string of the molecule is CNC(=O)CCCCCC(=O)N[C@H](C(=O)C[C@@H](CCCNC(N)=O)C(=O)Nc1ccc(COC(=O)NCC(=O)C[C@@H]2C[C@@]3(CO3)[C@H](O)[C@@H](/C=C/C(C)=C/C[C@@H]3O[C@H](C)[C@H](NC(=O)/C=C\[C@H](C)OC(C)=O)C[C@@H]3C)O2)cc1)C(C)C. The van der Waals surface area contributed by atoms with Crippen LogP contribution in [0.1, 0.15) is 131 Å². The number of alkyl carbamates (subject to hydrolysis) is 1. The van der Waals surface area contributed by atoms with Gasteiger partial charge in [-0.15, -0.1) is 0 Å². The Kier molecular flexibility index (Phi) is 26.8. The zero-order valence-corrected chi connectivity index (χ0v) is 47.1. The lowest BCUT2D eigenvalue weighted by atomic mass is 9.87. The molecule has 22 heteroatoms. The van der Waals surface area contributed by atoms with E-state index < -0.39 is 66.0 Å². The number of Topliss-reactive ketones (excluding diaryl/α,β-unsaturated/α-hetero) is 2. The van der Waals surface area contributed by atoms with Crippen LogP contribution in [0.3, 0.4) is 0 Å². The number of amides is 7. The molecule has 4 rings (SSSR count). The number of allylic oxidation sites excluding steroid dienone is 2. The van der Waals surface area contributed by atoms with E-state index in [0.717, 1.165) is 5.57 Å². The second kappa shape index (κ2) is 32.6. The van der Waals surface area contributed by atoms with E-state index in [-0.39, 0.29) is 105 Å². The van der Waals surface area contributed by atoms with Gasteiger partial charge >= 0.3 is 18.1 Å². The van der Waals surface area contributed by atoms with Crippen LogP contribution in [0.25, 0.3) is 0 Å². The first-order valence-electron chi connectivity index (χ1n) is 27.5. The van der Waals surface area contributed by atoms with Crippen LogP contribution >= 0.6 is 0 Å². The highest BCUT2D eigenvalue weighted by molar-refractivity contribution is 5.97. The summed E-state index contributed by atoms with van der Waals surface area (Å²) in [5, 5.41) is 27.4. The van der Waals surface area contributed by atoms with Crippen molar-refractivity contribution in [2.24, 2.45) is 23.5 Å². The molecule has 3 fully saturated rings. The first kappa shape index (κ1) is 65.0. The smallest absolute Gasteiger partial charge is 0.407 e. The number of primary amides is 1. The highest BCUT2D eigenvalue weighted by atomic mass is 16.6. The minimum atomic E-state index is -0.952. The number of ketones is 2. The van der Waals surface area contributed by atoms with E-state index in [1.54, 1.807) is 58.2 Å². The summed E-state index contributed by atoms with van der Waals surface area (Å²) < 4.78 is 28.6. The van der Waals surface area contributed by atoms with E-state index >= 15 is 0 Å². The molecular weight excluding hydrogens is 1020 g/mol. The van der Waals surface area contributed by atoms with Crippen molar-refractivity contribution in [2.75, 3.05) is 32.1 Å². The molecule has 0 bridgehead atoms. The molecule has 1 aromatic rings. The first-order chi connectivity index (χ1) is 37.5. The Hall–Kier alpha value is -6.49. The number of rotatable bonds is 31. The molecule has 9 N–H and O–H groups in total. The van der Waals surface area contributed by atoms with E-state index in [4.69, 9.17) is 29.4 Å². The molecule has 0 aromatic heterocycles. The average molecular weight is 1110 g/mol. The molecular formula is C57H85N7O15. The molecule has 0 unspecified atom stereocenters. The maximum absolute atomic E-state index is 13.6. The van der Waals surface area contributed by atoms with Gasteiger partial charge in [0.1, 0.15) is 30.5 Å². The van der Waals surface area contributed by atoms with Gasteiger partial charge < -0.3 is 66.4 Å². The normalized spacial score (nSPS) is 24.0. The van der Waals surface area contributed by atoms with Gasteiger partial charge in [0.2, 0.25) is 23.6 Å². The number of anilines is 1. The van der Waals surface area contributed by atoms with Crippen LogP contribution in [0, 0.1) is 17.8 Å². The van der Waals surface area contributed by atoms with Gasteiger partial charge in [-0.3, -0.25) is 33.6 Å². The molecule has 11 atom stereocenters. The van der Waals surface area contributed by atoms with E-state index in [9.17, 15) is 48.3 Å². The molecule has 3 heterocycles. The van der Waals surface area contributed by atoms with Crippen LogP contribution in [0.5, 0.6) is 0 Å². The number of ether oxygens (including phenoxy) is 5. The molecule has 3 aliphatic heterocycles. The molecule has 3 saturated heterocycles. The van der Waals surface area contributed by atoms with Gasteiger partial charge in [0.05, 0.1) is 43.5 Å². The quantitative estimate of drug-likeness (QED) is 0.0165. The van der Waals surface area contributed by atoms with Crippen LogP contribution in [0.2, 0.25) is 0 Å². The number of esters is 1. The number of nitrogens with two attached hydrogens (primary N) is 1. The fraction of sp³-hybridized carbons (Fsp3) is 0.632. The van der Waals surface area contributed by atoms with Crippen molar-refractivity contribution in [3.8, 4) is 0 Å². The Morgan fingerprint density at radius 1 is 0.911 bits per heavy atom. The number of benzene rings is 1. The summed E-state index contributed by atoms with van der Waals surface area (Å²) in [6.07, 6.45) is 9.02. The number of aliphatic hydroxyl groups excluding tert-OH is 1. The number of hydrogen-bond donors (Lipinski definition) is 8. The fourth-order valence-corrected chi connectivity index (χ4v) is 9.51. The van der Waals surface area contributed by atoms with E-state index in [2.05, 4.69) is 38.8 Å². The molecule has 79 heavy (non-hydrogen) atoms. The standard InChI is InChI=1S/C57H85N7O15/c1-34(2)52(64-50(69)15-11-9-10-14-49(68)59-8)46(67)28-41(13-12-26-60-55(58)73)54(72)62-42-21-19-40(20-22-42)32-75-56(74)61-31-43(66)29-44-30-57(33-76-57)53(71)48(79-44)24-17-35(3)16-23-47-36(4)27-45(38(6)78-47)63-51(70)25-18-37(5)77-39(7)65/h16-22,24-25,34,36-38,41,44-45,47-48,52-53,71H,9-15,23,26-33H2,1-8H3,(H,59,68)(H,61,74)(H,62,72)(H,63,70)(H,64,69)(H3,58,60,73)/b24-17+,25-18-,35-16+/t36-,37-,38+,41+,44+,45+,47-,48+,52-,53+,57+/m0/s1. The second-order valence-electron chi connectivity index (χ2n) is 21.3. The number of nitrogens with one attached hydrogen (secondary N) is 6. The molecule has 0 aliphatic carbocycles. The predicted octanol–water partition coefficient (Wildman–Crippen LogP) is 4.66. The summed E-state index contributed by atoms with van der Waals surface area (Å²) in [7, 11) is 1.57. The molecule has 1 aromatic carbocycles. The monoisotopic (exact) mass is 1110 g/mol. The maximum Gasteiger partial charge on any atom is 0.407 e. The third kappa shape index (κ3) is 23.4. The first-order valence-corrected chi connectivity index (χ1v) is 27.5. The number of carbonyl (C=O) groups excluding carboxylic acids is 9. The van der Waals surface area contributed by atoms with E-state index in [1.807, 2.05) is 26.0 Å². The van der Waals surface area contributed by atoms with Crippen molar-refractivity contribution in [2.45, 2.75) is 186 Å². The van der Waals surface area contributed by atoms with Gasteiger partial charge in [-0.1, -0.05) is 63.1 Å². The maximum atomic E-state index is 13.6. The summed E-state index contributed by atoms with van der Waals surface area (Å²) in [6, 6.07) is 4.78. The van der Waals surface area contributed by atoms with Gasteiger partial charge in [-0.05, 0) is 94.9 Å². The molecule has 0 saturated carbocycles. The lowest BCUT2D eigenvalue weighted by molar-refractivity contribution is -0.144. The van der Waals surface area contributed by atoms with E-state index in [0.29, 0.717) is 69.2 Å². The Morgan fingerprint density at radius 2 is 1.61 bits per heavy atom. The lowest BCUT2D eigenvalue weighted by Crippen LogP contribution is -2.50. The summed E-state index contributed by atoms with van der Waals surface area (Å²) >= 11 is 0. The number of unbranched alkanes of at least 4 members (excludes halogenated alkanes) is 2. The van der Waals surface area contributed by atoms with E-state index in [1.165, 1.54) is 19.1 Å². The Labute approximate surface area is 463 Å². The third-order valence-corrected chi connectivity index (χ3v) is 14.2. The van der Waals surface area contributed by atoms with Crippen LogP contribution in [0.4, 0.5) is 15.3 Å². The van der Waals surface area contributed by atoms with Crippen molar-refractivity contribution >= 4 is 59.0 Å². The predicted molar refractivity (Wildman–Crippen MR) is 293 cm³/mol. The van der Waals surface area contributed by atoms with Crippen molar-refractivity contribution in [3.63, 3.8) is 0 Å². The Bertz CT molecular complexity index is 2330. The number of epoxide rings is 1. The minimum Gasteiger partial charge on any atom is -0.459 e. The Morgan fingerprint density at radius 3 is 2.25 bits per heavy atom. The largest absolute Gasteiger partial charge is 0.459 e. The van der Waals surface area contributed by atoms with Crippen molar-refractivity contribution in [1.29, 1.82) is 0 Å². The van der Waals surface area contributed by atoms with Gasteiger partial charge in [0, 0.05) is 70.3 Å². The number of carbonyl (C=O) groups is 9. The van der Waals surface area contributed by atoms with Gasteiger partial charge in [0.25, 0.3) is 0 Å². The molecule has 1 spiro atoms. The molecule has 22 nitrogen and oxygen atoms in total. The minimum absolute atomic E-state index is 0.0395. The summed E-state index contributed by atoms with van der Waals surface area (Å²) in [4.78, 5) is 112. The third-order valence-electron chi connectivity index (χ3n) is 14.2. The summed E-state index contributed by atoms with van der Waals surface area (Å²) in [6.45, 7) is 12.6. The fourth-order valence-electron chi connectivity index (χ4n) is 9.51. The van der Waals surface area contributed by atoms with Crippen LogP contribution in [0.15, 0.2) is 60.2 Å². The number of urea groups is 1. The van der Waals surface area contributed by atoms with Crippen molar-refractivity contribution in [3.05, 3.63) is 65.8 Å². The van der Waals surface area contributed by atoms with Crippen LogP contribution < -0.4 is 37.6 Å². The molecule has 0 radical (unpaired) electrons. The van der Waals surface area contributed by atoms with Crippen molar-refractivity contribution in [1.82, 2.24) is 26.6 Å². The molecule has 3 aliphatic rings. The topological polar surface area (TPSA) is 322 Å². The zero-order valence-electron chi connectivity index (χ0n) is 47.1. The molecule has 438 valence electrons. The zero-order chi connectivity index (χ0) is 58.2. The summed E-state index contributed by atoms with van der Waals surface area (Å²) in [5.41, 5.74) is 6.29. The van der Waals surface area contributed by atoms with Crippen LogP contribution in [-0.4, -0.2) is 139 Å². The van der Waals surface area contributed by atoms with Crippen molar-refractivity contribution < 1.29 is 71.9 Å². The lowest BCUT2D eigenvalue weighted by Gasteiger charge is -2.39. The van der Waals surface area contributed by atoms with Gasteiger partial charge in [-0.2, -0.15) is 0 Å². The second-order valence-corrected chi connectivity index (χ2v) is 21.3. The van der Waals surface area contributed by atoms with Gasteiger partial charge in [0.15, 0.2) is 11.6 Å². The highest BCUT2D eigenvalue weighted by Gasteiger charge is 2.58. The average Bonchev–Trinajstić information content (AvgIpc) is 4.29. The highest BCUT2D eigenvalue weighted by Crippen LogP contribution is 2.43. The Balaban J connectivity index is 1.21. The number of hydrogen-bond acceptors (Lipinski definition) is 15. The van der Waals surface area contributed by atoms with Crippen LogP contribution in [-0.2, 0) is 63.9 Å². The summed E-state index contributed by atoms with van der Waals surface area (Å²) in [5.74, 6) is -3.07.